The largest absolute Gasteiger partial charge is 0.319 e. The summed E-state index contributed by atoms with van der Waals surface area (Å²) in [6, 6.07) is 7.30. The number of rotatable bonds is 3. The first kappa shape index (κ1) is 12.6. The van der Waals surface area contributed by atoms with Crippen molar-refractivity contribution >= 4 is 0 Å². The summed E-state index contributed by atoms with van der Waals surface area (Å²) in [5.41, 5.74) is 0.924. The molecule has 2 rings (SSSR count). The predicted octanol–water partition coefficient (Wildman–Crippen LogP) is 3.64. The van der Waals surface area contributed by atoms with Crippen molar-refractivity contribution in [2.45, 2.75) is 43.9 Å². The second-order valence-corrected chi connectivity index (χ2v) is 5.20. The van der Waals surface area contributed by atoms with Crippen LogP contribution in [0.1, 0.15) is 44.1 Å². The van der Waals surface area contributed by atoms with Gasteiger partial charge in [0.05, 0.1) is 0 Å². The summed E-state index contributed by atoms with van der Waals surface area (Å²) in [6.45, 7) is 0.883. The second-order valence-electron chi connectivity index (χ2n) is 5.20. The molecule has 17 heavy (non-hydrogen) atoms. The minimum atomic E-state index is -0.0374. The summed E-state index contributed by atoms with van der Waals surface area (Å²) in [5, 5.41) is 3.27. The highest BCUT2D eigenvalue weighted by Gasteiger charge is 2.34. The van der Waals surface area contributed by atoms with E-state index in [1.165, 1.54) is 25.7 Å². The Bertz CT molecular complexity index is 354. The van der Waals surface area contributed by atoms with Crippen LogP contribution in [-0.4, -0.2) is 13.6 Å². The van der Waals surface area contributed by atoms with Crippen LogP contribution in [0.2, 0.25) is 0 Å². The van der Waals surface area contributed by atoms with Crippen LogP contribution in [0.25, 0.3) is 0 Å². The zero-order valence-corrected chi connectivity index (χ0v) is 10.6. The van der Waals surface area contributed by atoms with Gasteiger partial charge in [0, 0.05) is 12.0 Å². The summed E-state index contributed by atoms with van der Waals surface area (Å²) in [4.78, 5) is 0. The first-order valence-electron chi connectivity index (χ1n) is 6.68. The third-order valence-corrected chi connectivity index (χ3v) is 4.02. The van der Waals surface area contributed by atoms with E-state index in [2.05, 4.69) is 5.32 Å². The van der Waals surface area contributed by atoms with E-state index in [1.54, 1.807) is 12.1 Å². The molecule has 2 heteroatoms. The SMILES string of the molecule is CNCC1(c2ccccc2F)CCCCCC1. The third-order valence-electron chi connectivity index (χ3n) is 4.02. The number of halogens is 1. The monoisotopic (exact) mass is 235 g/mol. The van der Waals surface area contributed by atoms with Crippen LogP contribution >= 0.6 is 0 Å². The summed E-state index contributed by atoms with van der Waals surface area (Å²) in [6.07, 6.45) is 7.23. The molecule has 1 fully saturated rings. The van der Waals surface area contributed by atoms with Crippen molar-refractivity contribution < 1.29 is 4.39 Å². The highest BCUT2D eigenvalue weighted by atomic mass is 19.1. The van der Waals surface area contributed by atoms with Crippen molar-refractivity contribution in [3.05, 3.63) is 35.6 Å². The standard InChI is InChI=1S/C15H22FN/c1-17-12-15(10-6-2-3-7-11-15)13-8-4-5-9-14(13)16/h4-5,8-9,17H,2-3,6-7,10-12H2,1H3. The summed E-state index contributed by atoms with van der Waals surface area (Å²) < 4.78 is 14.0. The Hall–Kier alpha value is -0.890. The van der Waals surface area contributed by atoms with Gasteiger partial charge in [0.2, 0.25) is 0 Å². The zero-order chi connectivity index (χ0) is 12.1. The molecule has 1 aliphatic rings. The highest BCUT2D eigenvalue weighted by Crippen LogP contribution is 2.38. The van der Waals surface area contributed by atoms with Crippen molar-refractivity contribution in [2.75, 3.05) is 13.6 Å². The Morgan fingerprint density at radius 2 is 1.76 bits per heavy atom. The van der Waals surface area contributed by atoms with Gasteiger partial charge in [0.15, 0.2) is 0 Å². The molecule has 1 aliphatic carbocycles. The molecular weight excluding hydrogens is 213 g/mol. The molecule has 1 aromatic carbocycles. The fourth-order valence-corrected chi connectivity index (χ4v) is 3.18. The summed E-state index contributed by atoms with van der Waals surface area (Å²) >= 11 is 0. The van der Waals surface area contributed by atoms with Crippen molar-refractivity contribution in [1.29, 1.82) is 0 Å². The first-order chi connectivity index (χ1) is 8.28. The molecule has 0 atom stereocenters. The maximum Gasteiger partial charge on any atom is 0.127 e. The van der Waals surface area contributed by atoms with Gasteiger partial charge in [-0.1, -0.05) is 43.9 Å². The van der Waals surface area contributed by atoms with Gasteiger partial charge in [-0.05, 0) is 31.5 Å². The van der Waals surface area contributed by atoms with Crippen LogP contribution in [0, 0.1) is 5.82 Å². The Kier molecular flexibility index (Phi) is 4.16. The minimum absolute atomic E-state index is 0.0105. The quantitative estimate of drug-likeness (QED) is 0.789. The van der Waals surface area contributed by atoms with Crippen LogP contribution in [0.3, 0.4) is 0 Å². The Morgan fingerprint density at radius 3 is 2.35 bits per heavy atom. The molecule has 0 saturated heterocycles. The average Bonchev–Trinajstić information content (AvgIpc) is 2.57. The Labute approximate surface area is 103 Å². The molecule has 0 radical (unpaired) electrons. The van der Waals surface area contributed by atoms with Gasteiger partial charge in [-0.2, -0.15) is 0 Å². The van der Waals surface area contributed by atoms with E-state index in [4.69, 9.17) is 0 Å². The van der Waals surface area contributed by atoms with Crippen molar-refractivity contribution in [1.82, 2.24) is 5.32 Å². The topological polar surface area (TPSA) is 12.0 Å². The van der Waals surface area contributed by atoms with Gasteiger partial charge in [-0.3, -0.25) is 0 Å². The van der Waals surface area contributed by atoms with E-state index in [0.29, 0.717) is 0 Å². The maximum absolute atomic E-state index is 14.0. The van der Waals surface area contributed by atoms with E-state index in [9.17, 15) is 4.39 Å². The molecule has 0 bridgehead atoms. The van der Waals surface area contributed by atoms with Gasteiger partial charge in [-0.15, -0.1) is 0 Å². The number of benzene rings is 1. The summed E-state index contributed by atoms with van der Waals surface area (Å²) in [5.74, 6) is -0.0374. The Morgan fingerprint density at radius 1 is 1.12 bits per heavy atom. The molecule has 1 nitrogen and oxygen atoms in total. The lowest BCUT2D eigenvalue weighted by atomic mass is 9.74. The average molecular weight is 235 g/mol. The lowest BCUT2D eigenvalue weighted by Gasteiger charge is -2.33. The second kappa shape index (κ2) is 5.63. The molecule has 0 amide bonds. The van der Waals surface area contributed by atoms with Gasteiger partial charge in [0.1, 0.15) is 5.82 Å². The lowest BCUT2D eigenvalue weighted by Crippen LogP contribution is -2.37. The van der Waals surface area contributed by atoms with Crippen LogP contribution < -0.4 is 5.32 Å². The fourth-order valence-electron chi connectivity index (χ4n) is 3.18. The number of hydrogen-bond acceptors (Lipinski definition) is 1. The maximum atomic E-state index is 14.0. The lowest BCUT2D eigenvalue weighted by molar-refractivity contribution is 0.344. The van der Waals surface area contributed by atoms with Crippen molar-refractivity contribution in [3.63, 3.8) is 0 Å². The van der Waals surface area contributed by atoms with Gasteiger partial charge < -0.3 is 5.32 Å². The van der Waals surface area contributed by atoms with Crippen molar-refractivity contribution in [3.8, 4) is 0 Å². The van der Waals surface area contributed by atoms with Crippen LogP contribution in [0.15, 0.2) is 24.3 Å². The van der Waals surface area contributed by atoms with Crippen LogP contribution in [0.5, 0.6) is 0 Å². The molecule has 0 heterocycles. The number of likely N-dealkylation sites (N-methyl/N-ethyl adjacent to an activating group) is 1. The van der Waals surface area contributed by atoms with E-state index >= 15 is 0 Å². The molecule has 1 saturated carbocycles. The van der Waals surface area contributed by atoms with E-state index in [0.717, 1.165) is 24.9 Å². The molecule has 0 aliphatic heterocycles. The molecular formula is C15H22FN. The highest BCUT2D eigenvalue weighted by molar-refractivity contribution is 5.28. The van der Waals surface area contributed by atoms with E-state index in [-0.39, 0.29) is 11.2 Å². The van der Waals surface area contributed by atoms with E-state index < -0.39 is 0 Å². The van der Waals surface area contributed by atoms with Crippen LogP contribution in [0.4, 0.5) is 4.39 Å². The molecule has 0 spiro atoms. The molecule has 0 unspecified atom stereocenters. The van der Waals surface area contributed by atoms with Crippen molar-refractivity contribution in [2.24, 2.45) is 0 Å². The zero-order valence-electron chi connectivity index (χ0n) is 10.6. The van der Waals surface area contributed by atoms with Gasteiger partial charge in [-0.25, -0.2) is 4.39 Å². The normalized spacial score (nSPS) is 19.9. The van der Waals surface area contributed by atoms with E-state index in [1.807, 2.05) is 19.2 Å². The molecule has 1 N–H and O–H groups in total. The predicted molar refractivity (Wildman–Crippen MR) is 69.7 cm³/mol. The molecule has 0 aromatic heterocycles. The Balaban J connectivity index is 2.35. The fraction of sp³-hybridized carbons (Fsp3) is 0.600. The minimum Gasteiger partial charge on any atom is -0.319 e. The first-order valence-corrected chi connectivity index (χ1v) is 6.68. The third kappa shape index (κ3) is 2.68. The summed E-state index contributed by atoms with van der Waals surface area (Å²) in [7, 11) is 1.97. The van der Waals surface area contributed by atoms with Crippen LogP contribution in [-0.2, 0) is 5.41 Å². The van der Waals surface area contributed by atoms with Gasteiger partial charge in [0.25, 0.3) is 0 Å². The number of hydrogen-bond donors (Lipinski definition) is 1. The molecule has 94 valence electrons. The smallest absolute Gasteiger partial charge is 0.127 e. The number of nitrogens with one attached hydrogen (secondary N) is 1. The van der Waals surface area contributed by atoms with Gasteiger partial charge >= 0.3 is 0 Å². The molecule has 1 aromatic rings.